The lowest BCUT2D eigenvalue weighted by Gasteiger charge is -2.28. The highest BCUT2D eigenvalue weighted by atomic mass is 16.4. The maximum absolute atomic E-state index is 12.0. The number of likely N-dealkylation sites (tertiary alicyclic amines) is 1. The predicted molar refractivity (Wildman–Crippen MR) is 61.6 cm³/mol. The molecule has 1 rings (SSSR count). The van der Waals surface area contributed by atoms with Crippen LogP contribution in [-0.2, 0) is 4.79 Å². The minimum Gasteiger partial charge on any atom is -0.480 e. The van der Waals surface area contributed by atoms with E-state index >= 15 is 0 Å². The fourth-order valence-corrected chi connectivity index (χ4v) is 2.10. The summed E-state index contributed by atoms with van der Waals surface area (Å²) in [6, 6.07) is -1.24. The number of amides is 2. The number of nitrogens with zero attached hydrogens (tertiary/aromatic N) is 2. The van der Waals surface area contributed by atoms with Crippen LogP contribution in [0, 0.1) is 5.92 Å². The number of aliphatic hydroxyl groups excluding tert-OH is 1. The van der Waals surface area contributed by atoms with Crippen molar-refractivity contribution in [1.29, 1.82) is 0 Å². The van der Waals surface area contributed by atoms with Gasteiger partial charge in [0.1, 0.15) is 6.04 Å². The van der Waals surface area contributed by atoms with Crippen LogP contribution in [0.5, 0.6) is 0 Å². The Morgan fingerprint density at radius 2 is 2.06 bits per heavy atom. The Balaban J connectivity index is 2.70. The molecule has 2 atom stereocenters. The Morgan fingerprint density at radius 1 is 1.47 bits per heavy atom. The number of hydrogen-bond donors (Lipinski definition) is 2. The molecule has 0 unspecified atom stereocenters. The average molecular weight is 244 g/mol. The maximum Gasteiger partial charge on any atom is 0.326 e. The molecule has 98 valence electrons. The monoisotopic (exact) mass is 244 g/mol. The minimum absolute atomic E-state index is 0.0955. The molecule has 2 amide bonds. The van der Waals surface area contributed by atoms with Gasteiger partial charge in [-0.2, -0.15) is 0 Å². The number of rotatable bonds is 3. The highest BCUT2D eigenvalue weighted by Crippen LogP contribution is 2.19. The van der Waals surface area contributed by atoms with Crippen molar-refractivity contribution < 1.29 is 19.8 Å². The summed E-state index contributed by atoms with van der Waals surface area (Å²) in [5, 5.41) is 18.4. The zero-order valence-corrected chi connectivity index (χ0v) is 10.5. The van der Waals surface area contributed by atoms with Gasteiger partial charge in [0.05, 0.1) is 6.10 Å². The van der Waals surface area contributed by atoms with E-state index in [1.807, 2.05) is 13.8 Å². The molecule has 0 aromatic carbocycles. The zero-order valence-electron chi connectivity index (χ0n) is 10.5. The zero-order chi connectivity index (χ0) is 13.2. The van der Waals surface area contributed by atoms with Gasteiger partial charge in [0, 0.05) is 26.6 Å². The number of β-amino-alcohol motifs (C(OH)–C–C–N with tert-alkyl or cyclic N) is 1. The average Bonchev–Trinajstić information content (AvgIpc) is 2.58. The predicted octanol–water partition coefficient (Wildman–Crippen LogP) is 0.214. The van der Waals surface area contributed by atoms with Crippen molar-refractivity contribution in [3.05, 3.63) is 0 Å². The van der Waals surface area contributed by atoms with Crippen LogP contribution in [0.1, 0.15) is 20.3 Å². The van der Waals surface area contributed by atoms with Gasteiger partial charge in [-0.3, -0.25) is 0 Å². The Hall–Kier alpha value is -1.30. The molecule has 1 heterocycles. The van der Waals surface area contributed by atoms with Crippen molar-refractivity contribution in [1.82, 2.24) is 9.80 Å². The van der Waals surface area contributed by atoms with Crippen LogP contribution in [0.4, 0.5) is 4.79 Å². The van der Waals surface area contributed by atoms with Crippen LogP contribution in [0.2, 0.25) is 0 Å². The molecule has 0 spiro atoms. The van der Waals surface area contributed by atoms with Crippen LogP contribution in [0.3, 0.4) is 0 Å². The fraction of sp³-hybridized carbons (Fsp3) is 0.818. The second-order valence-corrected chi connectivity index (χ2v) is 4.95. The van der Waals surface area contributed by atoms with E-state index in [9.17, 15) is 14.7 Å². The minimum atomic E-state index is -1.06. The van der Waals surface area contributed by atoms with E-state index in [0.29, 0.717) is 12.5 Å². The van der Waals surface area contributed by atoms with Crippen molar-refractivity contribution in [3.8, 4) is 0 Å². The molecule has 1 aliphatic heterocycles. The number of urea groups is 1. The summed E-state index contributed by atoms with van der Waals surface area (Å²) in [5.74, 6) is -0.743. The summed E-state index contributed by atoms with van der Waals surface area (Å²) in [4.78, 5) is 25.7. The van der Waals surface area contributed by atoms with Crippen LogP contribution >= 0.6 is 0 Å². The lowest BCUT2D eigenvalue weighted by molar-refractivity contribution is -0.141. The summed E-state index contributed by atoms with van der Waals surface area (Å²) in [5.41, 5.74) is 0. The van der Waals surface area contributed by atoms with Gasteiger partial charge in [0.2, 0.25) is 0 Å². The largest absolute Gasteiger partial charge is 0.480 e. The first-order chi connectivity index (χ1) is 7.82. The SMILES string of the molecule is CC(C)CN(C)C(=O)N1C[C@H](O)C[C@@H]1C(=O)O. The molecule has 0 aliphatic carbocycles. The molecule has 17 heavy (non-hydrogen) atoms. The first kappa shape index (κ1) is 13.8. The smallest absolute Gasteiger partial charge is 0.326 e. The third-order valence-electron chi connectivity index (χ3n) is 2.78. The Bertz CT molecular complexity index is 306. The second kappa shape index (κ2) is 5.35. The number of carboxylic acid groups (broad SMARTS) is 1. The van der Waals surface area contributed by atoms with Gasteiger partial charge in [-0.05, 0) is 5.92 Å². The van der Waals surface area contributed by atoms with E-state index in [0.717, 1.165) is 0 Å². The normalized spacial score (nSPS) is 24.2. The van der Waals surface area contributed by atoms with Crippen molar-refractivity contribution in [2.24, 2.45) is 5.92 Å². The molecule has 0 saturated carbocycles. The molecule has 6 heteroatoms. The molecule has 1 aliphatic rings. The standard InChI is InChI=1S/C11H20N2O4/c1-7(2)5-12(3)11(17)13-6-8(14)4-9(13)10(15)16/h7-9,14H,4-6H2,1-3H3,(H,15,16)/t8-,9-/m1/s1. The van der Waals surface area contributed by atoms with Gasteiger partial charge < -0.3 is 20.0 Å². The van der Waals surface area contributed by atoms with E-state index in [1.54, 1.807) is 7.05 Å². The van der Waals surface area contributed by atoms with Crippen LogP contribution < -0.4 is 0 Å². The summed E-state index contributed by atoms with van der Waals surface area (Å²) in [7, 11) is 1.64. The van der Waals surface area contributed by atoms with Crippen LogP contribution in [-0.4, -0.2) is 64.3 Å². The number of carbonyl (C=O) groups excluding carboxylic acids is 1. The molecule has 1 fully saturated rings. The molecule has 0 bridgehead atoms. The quantitative estimate of drug-likeness (QED) is 0.744. The molecule has 0 aromatic rings. The van der Waals surface area contributed by atoms with Crippen molar-refractivity contribution in [2.45, 2.75) is 32.4 Å². The number of aliphatic carboxylic acids is 1. The van der Waals surface area contributed by atoms with E-state index in [1.165, 1.54) is 9.80 Å². The summed E-state index contributed by atoms with van der Waals surface area (Å²) >= 11 is 0. The number of carbonyl (C=O) groups is 2. The molecule has 2 N–H and O–H groups in total. The molecular weight excluding hydrogens is 224 g/mol. The summed E-state index contributed by atoms with van der Waals surface area (Å²) in [6.07, 6.45) is -0.635. The molecular formula is C11H20N2O4. The van der Waals surface area contributed by atoms with Gasteiger partial charge >= 0.3 is 12.0 Å². The third kappa shape index (κ3) is 3.33. The van der Waals surface area contributed by atoms with E-state index < -0.39 is 18.1 Å². The lowest BCUT2D eigenvalue weighted by atomic mass is 10.2. The third-order valence-corrected chi connectivity index (χ3v) is 2.78. The molecule has 0 radical (unpaired) electrons. The van der Waals surface area contributed by atoms with E-state index in [-0.39, 0.29) is 19.0 Å². The summed E-state index contributed by atoms with van der Waals surface area (Å²) in [6.45, 7) is 4.63. The Kier molecular flexibility index (Phi) is 4.34. The highest BCUT2D eigenvalue weighted by Gasteiger charge is 2.39. The van der Waals surface area contributed by atoms with Gasteiger partial charge in [-0.15, -0.1) is 0 Å². The van der Waals surface area contributed by atoms with Crippen LogP contribution in [0.25, 0.3) is 0 Å². The second-order valence-electron chi connectivity index (χ2n) is 4.95. The first-order valence-corrected chi connectivity index (χ1v) is 5.75. The number of carboxylic acids is 1. The number of aliphatic hydroxyl groups is 1. The van der Waals surface area contributed by atoms with Crippen molar-refractivity contribution >= 4 is 12.0 Å². The van der Waals surface area contributed by atoms with E-state index in [2.05, 4.69) is 0 Å². The highest BCUT2D eigenvalue weighted by molar-refractivity contribution is 5.83. The fourth-order valence-electron chi connectivity index (χ4n) is 2.10. The topological polar surface area (TPSA) is 81.1 Å². The van der Waals surface area contributed by atoms with Crippen molar-refractivity contribution in [2.75, 3.05) is 20.1 Å². The molecule has 0 aromatic heterocycles. The van der Waals surface area contributed by atoms with Gasteiger partial charge in [-0.25, -0.2) is 9.59 Å². The number of hydrogen-bond acceptors (Lipinski definition) is 3. The Morgan fingerprint density at radius 3 is 2.53 bits per heavy atom. The lowest BCUT2D eigenvalue weighted by Crippen LogP contribution is -2.47. The first-order valence-electron chi connectivity index (χ1n) is 5.75. The molecule has 6 nitrogen and oxygen atoms in total. The van der Waals surface area contributed by atoms with Crippen molar-refractivity contribution in [3.63, 3.8) is 0 Å². The van der Waals surface area contributed by atoms with Crippen LogP contribution in [0.15, 0.2) is 0 Å². The molecule has 1 saturated heterocycles. The maximum atomic E-state index is 12.0. The van der Waals surface area contributed by atoms with Gasteiger partial charge in [0.25, 0.3) is 0 Å². The summed E-state index contributed by atoms with van der Waals surface area (Å²) < 4.78 is 0. The Labute approximate surface area is 101 Å². The van der Waals surface area contributed by atoms with Gasteiger partial charge in [0.15, 0.2) is 0 Å². The van der Waals surface area contributed by atoms with E-state index in [4.69, 9.17) is 5.11 Å². The van der Waals surface area contributed by atoms with Gasteiger partial charge in [-0.1, -0.05) is 13.8 Å².